The summed E-state index contributed by atoms with van der Waals surface area (Å²) in [4.78, 5) is 0. The molecule has 0 saturated carbocycles. The third kappa shape index (κ3) is 4.23. The summed E-state index contributed by atoms with van der Waals surface area (Å²) in [5.41, 5.74) is 2.53. The van der Waals surface area contributed by atoms with Gasteiger partial charge in [-0.15, -0.1) is 0 Å². The highest BCUT2D eigenvalue weighted by atomic mass is 28.3. The molecule has 0 N–H and O–H groups in total. The smallest absolute Gasteiger partial charge is 0.166 e. The van der Waals surface area contributed by atoms with Gasteiger partial charge < -0.3 is 0 Å². The molecule has 0 aliphatic rings. The summed E-state index contributed by atoms with van der Waals surface area (Å²) in [5.74, 6) is 0. The molecule has 0 amide bonds. The number of hydrogen-bond donors (Lipinski definition) is 0. The molecule has 0 bridgehead atoms. The summed E-state index contributed by atoms with van der Waals surface area (Å²) in [7, 11) is -1.35. The highest BCUT2D eigenvalue weighted by Gasteiger charge is 2.29. The lowest BCUT2D eigenvalue weighted by Crippen LogP contribution is -2.28. The zero-order valence-electron chi connectivity index (χ0n) is 11.7. The fourth-order valence-electron chi connectivity index (χ4n) is 2.16. The van der Waals surface area contributed by atoms with Gasteiger partial charge in [0, 0.05) is 0 Å². The zero-order chi connectivity index (χ0) is 14.5. The maximum Gasteiger partial charge on any atom is 0.416 e. The van der Waals surface area contributed by atoms with Crippen LogP contribution in [0, 0.1) is 0 Å². The fourth-order valence-corrected chi connectivity index (χ4v) is 4.91. The Balaban J connectivity index is 2.89. The highest BCUT2D eigenvalue weighted by molar-refractivity contribution is 6.84. The minimum Gasteiger partial charge on any atom is -0.166 e. The van der Waals surface area contributed by atoms with E-state index in [0.717, 1.165) is 17.7 Å². The molecule has 0 nitrogen and oxygen atoms in total. The van der Waals surface area contributed by atoms with Gasteiger partial charge in [0.2, 0.25) is 0 Å². The van der Waals surface area contributed by atoms with Crippen LogP contribution in [0.2, 0.25) is 18.1 Å². The predicted octanol–water partition coefficient (Wildman–Crippen LogP) is 5.77. The first kappa shape index (κ1) is 16.0. The van der Waals surface area contributed by atoms with Crippen LogP contribution in [0.1, 0.15) is 31.9 Å². The van der Waals surface area contributed by atoms with Crippen LogP contribution in [0.3, 0.4) is 0 Å². The van der Waals surface area contributed by atoms with E-state index in [1.165, 1.54) is 18.1 Å². The molecule has 0 fully saturated rings. The first-order valence-corrected chi connectivity index (χ1v) is 9.43. The summed E-state index contributed by atoms with van der Waals surface area (Å²) in [5, 5.41) is 0. The van der Waals surface area contributed by atoms with E-state index >= 15 is 0 Å². The van der Waals surface area contributed by atoms with E-state index in [0.29, 0.717) is 0 Å². The summed E-state index contributed by atoms with van der Waals surface area (Å²) in [6.45, 7) is 6.61. The number of hydrogen-bond acceptors (Lipinski definition) is 0. The first-order valence-electron chi connectivity index (χ1n) is 6.73. The van der Waals surface area contributed by atoms with Gasteiger partial charge in [-0.2, -0.15) is 13.2 Å². The Labute approximate surface area is 114 Å². The third-order valence-electron chi connectivity index (χ3n) is 3.98. The summed E-state index contributed by atoms with van der Waals surface area (Å²) < 4.78 is 37.3. The Morgan fingerprint density at radius 2 is 1.42 bits per heavy atom. The first-order chi connectivity index (χ1) is 8.87. The zero-order valence-corrected chi connectivity index (χ0v) is 12.7. The summed E-state index contributed by atoms with van der Waals surface area (Å²) in [6, 6.07) is 8.91. The van der Waals surface area contributed by atoms with Crippen molar-refractivity contribution < 1.29 is 13.2 Å². The van der Waals surface area contributed by atoms with E-state index in [1.807, 2.05) is 6.08 Å². The van der Waals surface area contributed by atoms with Crippen molar-refractivity contribution in [1.82, 2.24) is 0 Å². The Kier molecular flexibility index (Phi) is 5.41. The van der Waals surface area contributed by atoms with Gasteiger partial charge in [-0.3, -0.25) is 0 Å². The number of benzene rings is 1. The van der Waals surface area contributed by atoms with Gasteiger partial charge >= 0.3 is 6.18 Å². The van der Waals surface area contributed by atoms with Crippen molar-refractivity contribution in [2.45, 2.75) is 45.1 Å². The van der Waals surface area contributed by atoms with Crippen LogP contribution >= 0.6 is 0 Å². The SMILES string of the molecule is CC[Si](/C=C/c1ccc(C(F)(F)F)cc1)(CC)CC. The molecule has 106 valence electrons. The second-order valence-corrected chi connectivity index (χ2v) is 10.1. The molecule has 1 aromatic carbocycles. The average Bonchev–Trinajstić information content (AvgIpc) is 2.40. The second-order valence-electron chi connectivity index (χ2n) is 4.88. The van der Waals surface area contributed by atoms with Crippen LogP contribution in [-0.2, 0) is 6.18 Å². The molecule has 0 spiro atoms. The van der Waals surface area contributed by atoms with Gasteiger partial charge in [-0.05, 0) is 17.7 Å². The average molecular weight is 286 g/mol. The van der Waals surface area contributed by atoms with Crippen molar-refractivity contribution in [3.63, 3.8) is 0 Å². The maximum atomic E-state index is 12.4. The van der Waals surface area contributed by atoms with Gasteiger partial charge in [0.1, 0.15) is 0 Å². The van der Waals surface area contributed by atoms with E-state index in [4.69, 9.17) is 0 Å². The Morgan fingerprint density at radius 1 is 0.947 bits per heavy atom. The minimum atomic E-state index is -4.25. The molecule has 0 atom stereocenters. The van der Waals surface area contributed by atoms with E-state index < -0.39 is 19.8 Å². The Hall–Kier alpha value is -1.03. The van der Waals surface area contributed by atoms with Crippen LogP contribution in [0.25, 0.3) is 6.08 Å². The van der Waals surface area contributed by atoms with Crippen LogP contribution < -0.4 is 0 Å². The predicted molar refractivity (Wildman–Crippen MR) is 77.7 cm³/mol. The van der Waals surface area contributed by atoms with E-state index in [9.17, 15) is 13.2 Å². The molecule has 19 heavy (non-hydrogen) atoms. The monoisotopic (exact) mass is 286 g/mol. The lowest BCUT2D eigenvalue weighted by atomic mass is 10.1. The summed E-state index contributed by atoms with van der Waals surface area (Å²) >= 11 is 0. The fraction of sp³-hybridized carbons (Fsp3) is 0.467. The molecular formula is C15H21F3Si. The van der Waals surface area contributed by atoms with E-state index in [2.05, 4.69) is 26.5 Å². The Bertz CT molecular complexity index is 406. The molecule has 0 aliphatic carbocycles. The van der Waals surface area contributed by atoms with Crippen molar-refractivity contribution in [1.29, 1.82) is 0 Å². The van der Waals surface area contributed by atoms with Gasteiger partial charge in [0.15, 0.2) is 0 Å². The molecule has 1 rings (SSSR count). The maximum absolute atomic E-state index is 12.4. The van der Waals surface area contributed by atoms with E-state index in [1.54, 1.807) is 12.1 Å². The normalized spacial score (nSPS) is 13.2. The third-order valence-corrected chi connectivity index (χ3v) is 9.08. The van der Waals surface area contributed by atoms with Crippen molar-refractivity contribution in [3.05, 3.63) is 41.1 Å². The molecule has 0 aliphatic heterocycles. The van der Waals surface area contributed by atoms with Crippen LogP contribution in [-0.4, -0.2) is 8.07 Å². The highest BCUT2D eigenvalue weighted by Crippen LogP contribution is 2.29. The number of alkyl halides is 3. The molecule has 0 saturated heterocycles. The van der Waals surface area contributed by atoms with Gasteiger partial charge in [-0.1, -0.05) is 62.8 Å². The van der Waals surface area contributed by atoms with Crippen molar-refractivity contribution in [3.8, 4) is 0 Å². The quantitative estimate of drug-likeness (QED) is 0.603. The summed E-state index contributed by atoms with van der Waals surface area (Å²) in [6.07, 6.45) is -2.26. The van der Waals surface area contributed by atoms with Crippen LogP contribution in [0.5, 0.6) is 0 Å². The topological polar surface area (TPSA) is 0 Å². The molecule has 0 heterocycles. The molecule has 0 radical (unpaired) electrons. The number of halogens is 3. The van der Waals surface area contributed by atoms with Gasteiger partial charge in [-0.25, -0.2) is 0 Å². The standard InChI is InChI=1S/C15H21F3Si/c1-4-19(5-2,6-3)12-11-13-7-9-14(10-8-13)15(16,17)18/h7-12H,4-6H2,1-3H3/b12-11+. The lowest BCUT2D eigenvalue weighted by molar-refractivity contribution is -0.137. The van der Waals surface area contributed by atoms with Crippen molar-refractivity contribution in [2.75, 3.05) is 0 Å². The van der Waals surface area contributed by atoms with Crippen molar-refractivity contribution >= 4 is 14.1 Å². The molecule has 4 heteroatoms. The number of rotatable bonds is 5. The largest absolute Gasteiger partial charge is 0.416 e. The minimum absolute atomic E-state index is 0.588. The van der Waals surface area contributed by atoms with Gasteiger partial charge in [0.05, 0.1) is 13.6 Å². The van der Waals surface area contributed by atoms with Gasteiger partial charge in [0.25, 0.3) is 0 Å². The Morgan fingerprint density at radius 3 is 1.79 bits per heavy atom. The van der Waals surface area contributed by atoms with Crippen LogP contribution in [0.15, 0.2) is 30.0 Å². The van der Waals surface area contributed by atoms with Crippen LogP contribution in [0.4, 0.5) is 13.2 Å². The second kappa shape index (κ2) is 6.42. The van der Waals surface area contributed by atoms with Crippen molar-refractivity contribution in [2.24, 2.45) is 0 Å². The molecule has 0 unspecified atom stereocenters. The lowest BCUT2D eigenvalue weighted by Gasteiger charge is -2.23. The van der Waals surface area contributed by atoms with E-state index in [-0.39, 0.29) is 0 Å². The molecular weight excluding hydrogens is 265 g/mol. The molecule has 0 aromatic heterocycles. The molecule has 1 aromatic rings.